The fourth-order valence-corrected chi connectivity index (χ4v) is 1.63. The van der Waals surface area contributed by atoms with E-state index < -0.39 is 0 Å². The first-order chi connectivity index (χ1) is 8.26. The molecule has 0 aromatic carbocycles. The summed E-state index contributed by atoms with van der Waals surface area (Å²) >= 11 is 0. The topological polar surface area (TPSA) is 82.7 Å². The van der Waals surface area contributed by atoms with Crippen LogP contribution >= 0.6 is 0 Å². The third-order valence-electron chi connectivity index (χ3n) is 2.54. The van der Waals surface area contributed by atoms with Crippen molar-refractivity contribution in [1.82, 2.24) is 9.97 Å². The highest BCUT2D eigenvalue weighted by Crippen LogP contribution is 2.30. The molecule has 1 aromatic rings. The normalized spacial score (nSPS) is 15.8. The van der Waals surface area contributed by atoms with Gasteiger partial charge in [-0.1, -0.05) is 0 Å². The highest BCUT2D eigenvalue weighted by atomic mass is 16.5. The van der Waals surface area contributed by atoms with Crippen LogP contribution in [0.15, 0.2) is 0 Å². The Kier molecular flexibility index (Phi) is 3.48. The summed E-state index contributed by atoms with van der Waals surface area (Å²) in [5.41, 5.74) is 6.10. The van der Waals surface area contributed by atoms with Crippen LogP contribution in [-0.2, 0) is 4.74 Å². The van der Waals surface area contributed by atoms with Gasteiger partial charge in [0, 0.05) is 13.1 Å². The van der Waals surface area contributed by atoms with Crippen molar-refractivity contribution in [1.29, 1.82) is 0 Å². The van der Waals surface area contributed by atoms with Gasteiger partial charge in [-0.05, 0) is 0 Å². The molecule has 7 nitrogen and oxygen atoms in total. The van der Waals surface area contributed by atoms with Gasteiger partial charge in [-0.25, -0.2) is 0 Å². The molecule has 2 N–H and O–H groups in total. The van der Waals surface area contributed by atoms with Crippen molar-refractivity contribution in [2.24, 2.45) is 0 Å². The Morgan fingerprint density at radius 2 is 1.65 bits per heavy atom. The molecule has 1 aliphatic heterocycles. The van der Waals surface area contributed by atoms with Gasteiger partial charge in [0.05, 0.1) is 27.4 Å². The van der Waals surface area contributed by atoms with Gasteiger partial charge < -0.3 is 24.8 Å². The van der Waals surface area contributed by atoms with E-state index in [1.54, 1.807) is 0 Å². The Hall–Kier alpha value is -1.76. The van der Waals surface area contributed by atoms with Gasteiger partial charge in [-0.2, -0.15) is 9.97 Å². The number of nitrogens with zero attached hydrogens (tertiary/aromatic N) is 3. The fourth-order valence-electron chi connectivity index (χ4n) is 1.63. The second-order valence-corrected chi connectivity index (χ2v) is 3.56. The van der Waals surface area contributed by atoms with E-state index in [0.717, 1.165) is 13.1 Å². The molecule has 0 atom stereocenters. The predicted molar refractivity (Wildman–Crippen MR) is 62.6 cm³/mol. The summed E-state index contributed by atoms with van der Waals surface area (Å²) in [4.78, 5) is 10.5. The lowest BCUT2D eigenvalue weighted by Gasteiger charge is -2.27. The van der Waals surface area contributed by atoms with Crippen LogP contribution in [0, 0.1) is 0 Å². The van der Waals surface area contributed by atoms with Crippen LogP contribution < -0.4 is 20.1 Å². The van der Waals surface area contributed by atoms with Crippen LogP contribution in [0.2, 0.25) is 0 Å². The Bertz CT molecular complexity index is 368. The lowest BCUT2D eigenvalue weighted by atomic mass is 10.4. The van der Waals surface area contributed by atoms with Crippen LogP contribution in [0.25, 0.3) is 0 Å². The zero-order valence-corrected chi connectivity index (χ0v) is 9.97. The number of nitrogens with two attached hydrogens (primary N) is 1. The van der Waals surface area contributed by atoms with Crippen molar-refractivity contribution < 1.29 is 14.2 Å². The van der Waals surface area contributed by atoms with Gasteiger partial charge in [0.2, 0.25) is 17.7 Å². The van der Waals surface area contributed by atoms with Crippen molar-refractivity contribution in [3.63, 3.8) is 0 Å². The number of rotatable bonds is 3. The maximum absolute atomic E-state index is 5.78. The number of methoxy groups -OCH3 is 2. The maximum atomic E-state index is 5.78. The third-order valence-corrected chi connectivity index (χ3v) is 2.54. The number of hydrogen-bond acceptors (Lipinski definition) is 7. The molecule has 2 heterocycles. The second-order valence-electron chi connectivity index (χ2n) is 3.56. The molecule has 0 amide bonds. The van der Waals surface area contributed by atoms with Gasteiger partial charge in [-0.3, -0.25) is 0 Å². The average Bonchev–Trinajstić information content (AvgIpc) is 2.40. The van der Waals surface area contributed by atoms with Crippen LogP contribution in [0.5, 0.6) is 11.8 Å². The number of morpholine rings is 1. The van der Waals surface area contributed by atoms with E-state index in [-0.39, 0.29) is 0 Å². The minimum absolute atomic E-state index is 0.312. The molecule has 0 bridgehead atoms. The summed E-state index contributed by atoms with van der Waals surface area (Å²) < 4.78 is 15.5. The van der Waals surface area contributed by atoms with Crippen molar-refractivity contribution in [2.45, 2.75) is 0 Å². The summed E-state index contributed by atoms with van der Waals surface area (Å²) in [6.07, 6.45) is 0. The van der Waals surface area contributed by atoms with Gasteiger partial charge in [0.1, 0.15) is 0 Å². The number of hydrogen-bond donors (Lipinski definition) is 1. The van der Waals surface area contributed by atoms with E-state index in [1.807, 2.05) is 4.90 Å². The molecule has 0 spiro atoms. The zero-order chi connectivity index (χ0) is 12.3. The third kappa shape index (κ3) is 2.33. The van der Waals surface area contributed by atoms with E-state index in [1.165, 1.54) is 14.2 Å². The highest BCUT2D eigenvalue weighted by Gasteiger charge is 2.19. The monoisotopic (exact) mass is 240 g/mol. The van der Waals surface area contributed by atoms with Crippen molar-refractivity contribution in [3.8, 4) is 11.8 Å². The maximum Gasteiger partial charge on any atom is 0.245 e. The summed E-state index contributed by atoms with van der Waals surface area (Å²) in [5, 5.41) is 0. The molecule has 0 radical (unpaired) electrons. The zero-order valence-electron chi connectivity index (χ0n) is 9.97. The molecule has 1 aromatic heterocycles. The van der Waals surface area contributed by atoms with Gasteiger partial charge >= 0.3 is 0 Å². The summed E-state index contributed by atoms with van der Waals surface area (Å²) in [5.74, 6) is 1.22. The predicted octanol–water partition coefficient (Wildman–Crippen LogP) is -0.0874. The SMILES string of the molecule is COc1nc(N2CCOCC2)nc(OC)c1N. The molecular formula is C10H16N4O3. The molecule has 2 rings (SSSR count). The lowest BCUT2D eigenvalue weighted by Crippen LogP contribution is -2.37. The van der Waals surface area contributed by atoms with Gasteiger partial charge in [0.25, 0.3) is 0 Å². The first-order valence-electron chi connectivity index (χ1n) is 5.34. The molecule has 17 heavy (non-hydrogen) atoms. The number of anilines is 2. The summed E-state index contributed by atoms with van der Waals surface area (Å²) in [7, 11) is 3.03. The summed E-state index contributed by atoms with van der Waals surface area (Å²) in [6.45, 7) is 2.82. The molecule has 0 saturated carbocycles. The standard InChI is InChI=1S/C10H16N4O3/c1-15-8-7(11)9(16-2)13-10(12-8)14-3-5-17-6-4-14/h3-6,11H2,1-2H3. The Morgan fingerprint density at radius 1 is 1.12 bits per heavy atom. The summed E-state index contributed by atoms with van der Waals surface area (Å²) in [6, 6.07) is 0. The molecule has 0 aliphatic carbocycles. The van der Waals surface area contributed by atoms with Gasteiger partial charge in [0.15, 0.2) is 5.69 Å². The van der Waals surface area contributed by atoms with E-state index in [0.29, 0.717) is 36.6 Å². The Labute approximate surface area is 99.5 Å². The van der Waals surface area contributed by atoms with Crippen LogP contribution in [0.1, 0.15) is 0 Å². The molecule has 1 saturated heterocycles. The van der Waals surface area contributed by atoms with Crippen LogP contribution in [0.3, 0.4) is 0 Å². The highest BCUT2D eigenvalue weighted by molar-refractivity contribution is 5.59. The Balaban J connectivity index is 2.33. The molecule has 0 unspecified atom stereocenters. The van der Waals surface area contributed by atoms with Crippen molar-refractivity contribution >= 4 is 11.6 Å². The largest absolute Gasteiger partial charge is 0.479 e. The quantitative estimate of drug-likeness (QED) is 0.790. The number of aromatic nitrogens is 2. The molecule has 94 valence electrons. The molecular weight excluding hydrogens is 224 g/mol. The number of ether oxygens (including phenoxy) is 3. The van der Waals surface area contributed by atoms with Crippen LogP contribution in [0.4, 0.5) is 11.6 Å². The second kappa shape index (κ2) is 5.05. The first kappa shape index (κ1) is 11.7. The van der Waals surface area contributed by atoms with Gasteiger partial charge in [-0.15, -0.1) is 0 Å². The molecule has 1 aliphatic rings. The van der Waals surface area contributed by atoms with E-state index in [2.05, 4.69) is 9.97 Å². The molecule has 7 heteroatoms. The lowest BCUT2D eigenvalue weighted by molar-refractivity contribution is 0.122. The van der Waals surface area contributed by atoms with Crippen LogP contribution in [-0.4, -0.2) is 50.5 Å². The smallest absolute Gasteiger partial charge is 0.245 e. The average molecular weight is 240 g/mol. The first-order valence-corrected chi connectivity index (χ1v) is 5.34. The minimum Gasteiger partial charge on any atom is -0.479 e. The van der Waals surface area contributed by atoms with E-state index >= 15 is 0 Å². The molecule has 1 fully saturated rings. The van der Waals surface area contributed by atoms with Crippen molar-refractivity contribution in [3.05, 3.63) is 0 Å². The van der Waals surface area contributed by atoms with E-state index in [4.69, 9.17) is 19.9 Å². The fraction of sp³-hybridized carbons (Fsp3) is 0.600. The Morgan fingerprint density at radius 3 is 2.12 bits per heavy atom. The van der Waals surface area contributed by atoms with E-state index in [9.17, 15) is 0 Å². The minimum atomic E-state index is 0.312. The van der Waals surface area contributed by atoms with Crippen molar-refractivity contribution in [2.75, 3.05) is 51.2 Å². The number of nitrogen functional groups attached to an aromatic ring is 1.